The van der Waals surface area contributed by atoms with E-state index < -0.39 is 0 Å². The number of anilines is 1. The molecule has 0 spiro atoms. The second-order valence-electron chi connectivity index (χ2n) is 5.01. The standard InChI is InChI=1S/C15H21BrN2O3/c1-2-5-17-15(20)14-10-21-7-6-18(14)12-4-3-11(9-19)13(16)8-12/h3-4,8,14,19H,2,5-7,9-10H2,1H3,(H,17,20). The van der Waals surface area contributed by atoms with E-state index in [0.717, 1.165) is 22.1 Å². The minimum atomic E-state index is -0.308. The number of aliphatic hydroxyl groups is 1. The Kier molecular flexibility index (Phi) is 6.02. The molecule has 0 aromatic heterocycles. The second kappa shape index (κ2) is 7.77. The second-order valence-corrected chi connectivity index (χ2v) is 5.86. The fourth-order valence-corrected chi connectivity index (χ4v) is 2.83. The number of benzene rings is 1. The molecule has 5 nitrogen and oxygen atoms in total. The van der Waals surface area contributed by atoms with Gasteiger partial charge in [0, 0.05) is 23.2 Å². The minimum absolute atomic E-state index is 0.00101. The first-order chi connectivity index (χ1) is 10.2. The third-order valence-corrected chi connectivity index (χ3v) is 4.26. The van der Waals surface area contributed by atoms with Crippen LogP contribution in [0.15, 0.2) is 22.7 Å². The summed E-state index contributed by atoms with van der Waals surface area (Å²) in [6.45, 7) is 4.38. The van der Waals surface area contributed by atoms with Crippen molar-refractivity contribution in [2.24, 2.45) is 0 Å². The van der Waals surface area contributed by atoms with Crippen molar-refractivity contribution in [1.82, 2.24) is 5.32 Å². The normalized spacial score (nSPS) is 18.6. The van der Waals surface area contributed by atoms with E-state index in [1.807, 2.05) is 25.1 Å². The Balaban J connectivity index is 2.18. The fraction of sp³-hybridized carbons (Fsp3) is 0.533. The molecule has 0 aliphatic carbocycles. The van der Waals surface area contributed by atoms with Crippen LogP contribution in [0.1, 0.15) is 18.9 Å². The molecular formula is C15H21BrN2O3. The van der Waals surface area contributed by atoms with Crippen LogP contribution in [-0.2, 0) is 16.1 Å². The van der Waals surface area contributed by atoms with Crippen LogP contribution in [0.4, 0.5) is 5.69 Å². The zero-order chi connectivity index (χ0) is 15.2. The predicted octanol–water partition coefficient (Wildman–Crippen LogP) is 1.67. The van der Waals surface area contributed by atoms with Crippen molar-refractivity contribution in [3.8, 4) is 0 Å². The smallest absolute Gasteiger partial charge is 0.245 e. The van der Waals surface area contributed by atoms with E-state index in [-0.39, 0.29) is 18.6 Å². The molecule has 1 fully saturated rings. The van der Waals surface area contributed by atoms with Gasteiger partial charge in [0.1, 0.15) is 6.04 Å². The number of halogens is 1. The number of hydrogen-bond donors (Lipinski definition) is 2. The third-order valence-electron chi connectivity index (χ3n) is 3.52. The van der Waals surface area contributed by atoms with Crippen molar-refractivity contribution in [3.05, 3.63) is 28.2 Å². The molecule has 1 aliphatic heterocycles. The molecule has 1 aromatic rings. The lowest BCUT2D eigenvalue weighted by Crippen LogP contribution is -2.54. The number of hydrogen-bond acceptors (Lipinski definition) is 4. The monoisotopic (exact) mass is 356 g/mol. The highest BCUT2D eigenvalue weighted by atomic mass is 79.9. The van der Waals surface area contributed by atoms with E-state index in [0.29, 0.717) is 26.3 Å². The first-order valence-corrected chi connectivity index (χ1v) is 7.98. The lowest BCUT2D eigenvalue weighted by atomic mass is 10.1. The van der Waals surface area contributed by atoms with Gasteiger partial charge < -0.3 is 20.1 Å². The molecule has 2 rings (SSSR count). The van der Waals surface area contributed by atoms with Crippen LogP contribution in [0.2, 0.25) is 0 Å². The zero-order valence-corrected chi connectivity index (χ0v) is 13.7. The quantitative estimate of drug-likeness (QED) is 0.842. The lowest BCUT2D eigenvalue weighted by Gasteiger charge is -2.36. The number of amides is 1. The van der Waals surface area contributed by atoms with Crippen molar-refractivity contribution in [3.63, 3.8) is 0 Å². The van der Waals surface area contributed by atoms with Gasteiger partial charge in [-0.1, -0.05) is 28.9 Å². The van der Waals surface area contributed by atoms with Crippen LogP contribution < -0.4 is 10.2 Å². The molecule has 0 saturated carbocycles. The highest BCUT2D eigenvalue weighted by molar-refractivity contribution is 9.10. The third kappa shape index (κ3) is 3.96. The van der Waals surface area contributed by atoms with Crippen LogP contribution in [0.3, 0.4) is 0 Å². The molecule has 116 valence electrons. The maximum Gasteiger partial charge on any atom is 0.245 e. The Bertz CT molecular complexity index is 496. The summed E-state index contributed by atoms with van der Waals surface area (Å²) in [7, 11) is 0. The van der Waals surface area contributed by atoms with Crippen molar-refractivity contribution < 1.29 is 14.6 Å². The topological polar surface area (TPSA) is 61.8 Å². The molecule has 1 unspecified atom stereocenters. The Labute approximate surface area is 133 Å². The van der Waals surface area contributed by atoms with Crippen molar-refractivity contribution in [1.29, 1.82) is 0 Å². The SMILES string of the molecule is CCCNC(=O)C1COCCN1c1ccc(CO)c(Br)c1. The zero-order valence-electron chi connectivity index (χ0n) is 12.1. The largest absolute Gasteiger partial charge is 0.392 e. The van der Waals surface area contributed by atoms with Gasteiger partial charge in [-0.2, -0.15) is 0 Å². The summed E-state index contributed by atoms with van der Waals surface area (Å²) >= 11 is 3.45. The Morgan fingerprint density at radius 2 is 2.38 bits per heavy atom. The molecule has 0 radical (unpaired) electrons. The van der Waals surface area contributed by atoms with Crippen LogP contribution >= 0.6 is 15.9 Å². The molecule has 1 heterocycles. The number of rotatable bonds is 5. The Morgan fingerprint density at radius 3 is 3.05 bits per heavy atom. The van der Waals surface area contributed by atoms with Crippen LogP contribution in [0, 0.1) is 0 Å². The summed E-state index contributed by atoms with van der Waals surface area (Å²) in [6, 6.07) is 5.44. The van der Waals surface area contributed by atoms with Crippen molar-refractivity contribution >= 4 is 27.5 Å². The van der Waals surface area contributed by atoms with Gasteiger partial charge in [0.15, 0.2) is 0 Å². The highest BCUT2D eigenvalue weighted by Gasteiger charge is 2.29. The van der Waals surface area contributed by atoms with Gasteiger partial charge in [-0.15, -0.1) is 0 Å². The van der Waals surface area contributed by atoms with Gasteiger partial charge in [-0.25, -0.2) is 0 Å². The number of nitrogens with one attached hydrogen (secondary N) is 1. The predicted molar refractivity (Wildman–Crippen MR) is 85.3 cm³/mol. The summed E-state index contributed by atoms with van der Waals surface area (Å²) in [6.07, 6.45) is 0.913. The lowest BCUT2D eigenvalue weighted by molar-refractivity contribution is -0.124. The van der Waals surface area contributed by atoms with E-state index >= 15 is 0 Å². The first kappa shape index (κ1) is 16.3. The molecule has 1 aliphatic rings. The maximum absolute atomic E-state index is 12.3. The summed E-state index contributed by atoms with van der Waals surface area (Å²) in [4.78, 5) is 14.3. The molecular weight excluding hydrogens is 336 g/mol. The van der Waals surface area contributed by atoms with Gasteiger partial charge in [0.2, 0.25) is 5.91 Å². The number of morpholine rings is 1. The Hall–Kier alpha value is -1.11. The van der Waals surface area contributed by atoms with Crippen molar-refractivity contribution in [2.45, 2.75) is 26.0 Å². The summed E-state index contributed by atoms with van der Waals surface area (Å²) < 4.78 is 6.30. The molecule has 1 saturated heterocycles. The molecule has 1 atom stereocenters. The van der Waals surface area contributed by atoms with E-state index in [1.54, 1.807) is 0 Å². The van der Waals surface area contributed by atoms with Gasteiger partial charge in [-0.3, -0.25) is 4.79 Å². The summed E-state index contributed by atoms with van der Waals surface area (Å²) in [5.41, 5.74) is 1.79. The number of ether oxygens (including phenoxy) is 1. The van der Waals surface area contributed by atoms with E-state index in [2.05, 4.69) is 26.1 Å². The fourth-order valence-electron chi connectivity index (χ4n) is 2.34. The average molecular weight is 357 g/mol. The number of carbonyl (C=O) groups excluding carboxylic acids is 1. The average Bonchev–Trinajstić information content (AvgIpc) is 2.52. The van der Waals surface area contributed by atoms with Gasteiger partial charge in [0.05, 0.1) is 19.8 Å². The molecule has 21 heavy (non-hydrogen) atoms. The van der Waals surface area contributed by atoms with Crippen LogP contribution in [-0.4, -0.2) is 43.4 Å². The van der Waals surface area contributed by atoms with Crippen LogP contribution in [0.5, 0.6) is 0 Å². The maximum atomic E-state index is 12.3. The molecule has 6 heteroatoms. The van der Waals surface area contributed by atoms with Gasteiger partial charge in [-0.05, 0) is 24.1 Å². The number of carbonyl (C=O) groups is 1. The van der Waals surface area contributed by atoms with E-state index in [4.69, 9.17) is 4.74 Å². The summed E-state index contributed by atoms with van der Waals surface area (Å²) in [5, 5.41) is 12.2. The number of nitrogens with zero attached hydrogens (tertiary/aromatic N) is 1. The molecule has 1 aromatic carbocycles. The summed E-state index contributed by atoms with van der Waals surface area (Å²) in [5.74, 6) is -0.00101. The van der Waals surface area contributed by atoms with E-state index in [1.165, 1.54) is 0 Å². The van der Waals surface area contributed by atoms with Crippen molar-refractivity contribution in [2.75, 3.05) is 31.2 Å². The van der Waals surface area contributed by atoms with Gasteiger partial charge >= 0.3 is 0 Å². The minimum Gasteiger partial charge on any atom is -0.392 e. The van der Waals surface area contributed by atoms with Crippen LogP contribution in [0.25, 0.3) is 0 Å². The first-order valence-electron chi connectivity index (χ1n) is 7.18. The molecule has 2 N–H and O–H groups in total. The Morgan fingerprint density at radius 1 is 1.57 bits per heavy atom. The molecule has 1 amide bonds. The van der Waals surface area contributed by atoms with E-state index in [9.17, 15) is 9.90 Å². The highest BCUT2D eigenvalue weighted by Crippen LogP contribution is 2.26. The van der Waals surface area contributed by atoms with Gasteiger partial charge in [0.25, 0.3) is 0 Å². The number of aliphatic hydroxyl groups excluding tert-OH is 1. The molecule has 0 bridgehead atoms.